The normalized spacial score (nSPS) is 12.2. The highest BCUT2D eigenvalue weighted by atomic mass is 32.1. The van der Waals surface area contributed by atoms with Gasteiger partial charge < -0.3 is 5.32 Å². The first-order chi connectivity index (χ1) is 9.40. The molecule has 0 fully saturated rings. The van der Waals surface area contributed by atoms with E-state index in [9.17, 15) is 9.18 Å². The molecule has 1 heterocycles. The number of hydrogen-bond acceptors (Lipinski definition) is 2. The number of nitrogens with one attached hydrogen (secondary N) is 1. The van der Waals surface area contributed by atoms with Gasteiger partial charge in [0.25, 0.3) is 5.91 Å². The molecule has 1 aromatic carbocycles. The van der Waals surface area contributed by atoms with Gasteiger partial charge in [0.2, 0.25) is 0 Å². The molecule has 0 spiro atoms. The molecule has 0 aliphatic heterocycles. The van der Waals surface area contributed by atoms with Gasteiger partial charge in [0.1, 0.15) is 5.82 Å². The van der Waals surface area contributed by atoms with Crippen LogP contribution in [0.4, 0.5) is 4.39 Å². The van der Waals surface area contributed by atoms with Gasteiger partial charge in [-0.3, -0.25) is 4.79 Å². The SMILES string of the molecule is Cc1cc(C(C)NC(=O)c2cccc(C)c2F)c(C)s1. The third-order valence-corrected chi connectivity index (χ3v) is 4.31. The predicted molar refractivity (Wildman–Crippen MR) is 80.8 cm³/mol. The first-order valence-electron chi connectivity index (χ1n) is 6.53. The molecule has 1 aromatic heterocycles. The summed E-state index contributed by atoms with van der Waals surface area (Å²) >= 11 is 1.70. The Balaban J connectivity index is 2.19. The molecule has 2 rings (SSSR count). The van der Waals surface area contributed by atoms with E-state index >= 15 is 0 Å². The van der Waals surface area contributed by atoms with Crippen LogP contribution in [0.3, 0.4) is 0 Å². The molecular weight excluding hydrogens is 273 g/mol. The quantitative estimate of drug-likeness (QED) is 0.897. The summed E-state index contributed by atoms with van der Waals surface area (Å²) in [7, 11) is 0. The van der Waals surface area contributed by atoms with Gasteiger partial charge in [0.15, 0.2) is 0 Å². The van der Waals surface area contributed by atoms with E-state index in [1.165, 1.54) is 15.8 Å². The largest absolute Gasteiger partial charge is 0.345 e. The molecule has 0 aliphatic rings. The van der Waals surface area contributed by atoms with Crippen molar-refractivity contribution in [2.45, 2.75) is 33.7 Å². The van der Waals surface area contributed by atoms with Crippen molar-refractivity contribution in [3.8, 4) is 0 Å². The zero-order valence-electron chi connectivity index (χ0n) is 12.1. The van der Waals surface area contributed by atoms with Crippen molar-refractivity contribution in [3.63, 3.8) is 0 Å². The molecule has 0 radical (unpaired) electrons. The molecule has 0 saturated carbocycles. The van der Waals surface area contributed by atoms with E-state index < -0.39 is 5.82 Å². The Hall–Kier alpha value is -1.68. The third kappa shape index (κ3) is 2.90. The Morgan fingerprint density at radius 1 is 1.30 bits per heavy atom. The molecule has 0 bridgehead atoms. The molecule has 20 heavy (non-hydrogen) atoms. The molecule has 0 aliphatic carbocycles. The van der Waals surface area contributed by atoms with Gasteiger partial charge in [-0.2, -0.15) is 0 Å². The minimum Gasteiger partial charge on any atom is -0.345 e. The van der Waals surface area contributed by atoms with Crippen LogP contribution >= 0.6 is 11.3 Å². The van der Waals surface area contributed by atoms with Crippen LogP contribution in [0.1, 0.15) is 44.2 Å². The first kappa shape index (κ1) is 14.7. The van der Waals surface area contributed by atoms with Crippen molar-refractivity contribution >= 4 is 17.2 Å². The third-order valence-electron chi connectivity index (χ3n) is 3.33. The molecule has 1 atom stereocenters. The minimum absolute atomic E-state index is 0.0986. The number of hydrogen-bond donors (Lipinski definition) is 1. The van der Waals surface area contributed by atoms with Crippen molar-refractivity contribution in [1.29, 1.82) is 0 Å². The Morgan fingerprint density at radius 3 is 2.60 bits per heavy atom. The second-order valence-electron chi connectivity index (χ2n) is 5.00. The predicted octanol–water partition coefficient (Wildman–Crippen LogP) is 4.30. The number of benzene rings is 1. The van der Waals surface area contributed by atoms with E-state index in [4.69, 9.17) is 0 Å². The highest BCUT2D eigenvalue weighted by Crippen LogP contribution is 2.26. The summed E-state index contributed by atoms with van der Waals surface area (Å²) in [4.78, 5) is 14.6. The number of halogens is 1. The van der Waals surface area contributed by atoms with Gasteiger partial charge in [-0.1, -0.05) is 12.1 Å². The molecule has 0 saturated heterocycles. The van der Waals surface area contributed by atoms with E-state index in [1.807, 2.05) is 20.8 Å². The maximum Gasteiger partial charge on any atom is 0.254 e. The second kappa shape index (κ2) is 5.75. The average molecular weight is 291 g/mol. The number of carbonyl (C=O) groups is 1. The van der Waals surface area contributed by atoms with E-state index in [0.29, 0.717) is 5.56 Å². The fraction of sp³-hybridized carbons (Fsp3) is 0.312. The Kier molecular flexibility index (Phi) is 4.23. The zero-order valence-corrected chi connectivity index (χ0v) is 12.9. The highest BCUT2D eigenvalue weighted by molar-refractivity contribution is 7.12. The lowest BCUT2D eigenvalue weighted by molar-refractivity contribution is 0.0935. The van der Waals surface area contributed by atoms with E-state index in [1.54, 1.807) is 30.4 Å². The van der Waals surface area contributed by atoms with Gasteiger partial charge in [-0.25, -0.2) is 4.39 Å². The molecule has 1 unspecified atom stereocenters. The fourth-order valence-electron chi connectivity index (χ4n) is 2.26. The van der Waals surface area contributed by atoms with E-state index in [-0.39, 0.29) is 17.5 Å². The summed E-state index contributed by atoms with van der Waals surface area (Å²) in [6.45, 7) is 7.64. The molecule has 4 heteroatoms. The number of amides is 1. The minimum atomic E-state index is -0.449. The van der Waals surface area contributed by atoms with Crippen LogP contribution in [-0.2, 0) is 0 Å². The van der Waals surface area contributed by atoms with Crippen molar-refractivity contribution in [2.24, 2.45) is 0 Å². The van der Waals surface area contributed by atoms with Crippen LogP contribution in [0.15, 0.2) is 24.3 Å². The van der Waals surface area contributed by atoms with Crippen molar-refractivity contribution < 1.29 is 9.18 Å². The van der Waals surface area contributed by atoms with Gasteiger partial charge in [0, 0.05) is 9.75 Å². The molecule has 2 aromatic rings. The smallest absolute Gasteiger partial charge is 0.254 e. The molecular formula is C16H18FNOS. The van der Waals surface area contributed by atoms with Gasteiger partial charge in [-0.05, 0) is 51.0 Å². The van der Waals surface area contributed by atoms with Crippen molar-refractivity contribution in [2.75, 3.05) is 0 Å². The molecule has 1 N–H and O–H groups in total. The Labute approximate surface area is 122 Å². The maximum absolute atomic E-state index is 13.9. The van der Waals surface area contributed by atoms with Crippen LogP contribution in [0.25, 0.3) is 0 Å². The lowest BCUT2D eigenvalue weighted by Gasteiger charge is -2.14. The lowest BCUT2D eigenvalue weighted by Crippen LogP contribution is -2.27. The van der Waals surface area contributed by atoms with Crippen LogP contribution < -0.4 is 5.32 Å². The van der Waals surface area contributed by atoms with Crippen LogP contribution in [0.5, 0.6) is 0 Å². The number of aryl methyl sites for hydroxylation is 3. The van der Waals surface area contributed by atoms with Crippen LogP contribution in [0.2, 0.25) is 0 Å². The van der Waals surface area contributed by atoms with E-state index in [2.05, 4.69) is 11.4 Å². The number of carbonyl (C=O) groups excluding carboxylic acids is 1. The summed E-state index contributed by atoms with van der Waals surface area (Å²) in [5, 5.41) is 2.86. The summed E-state index contributed by atoms with van der Waals surface area (Å²) in [6, 6.07) is 6.79. The fourth-order valence-corrected chi connectivity index (χ4v) is 3.28. The standard InChI is InChI=1S/C16H18FNOS/c1-9-6-5-7-13(15(9)17)16(19)18-11(3)14-8-10(2)20-12(14)4/h5-8,11H,1-4H3,(H,18,19). The van der Waals surface area contributed by atoms with Crippen LogP contribution in [-0.4, -0.2) is 5.91 Å². The summed E-state index contributed by atoms with van der Waals surface area (Å²) in [5.41, 5.74) is 1.67. The Morgan fingerprint density at radius 2 is 2.00 bits per heavy atom. The lowest BCUT2D eigenvalue weighted by atomic mass is 10.1. The van der Waals surface area contributed by atoms with Crippen LogP contribution in [0, 0.1) is 26.6 Å². The number of thiophene rings is 1. The zero-order chi connectivity index (χ0) is 14.9. The Bertz CT molecular complexity index is 648. The first-order valence-corrected chi connectivity index (χ1v) is 7.34. The van der Waals surface area contributed by atoms with Crippen molar-refractivity contribution in [1.82, 2.24) is 5.32 Å². The highest BCUT2D eigenvalue weighted by Gasteiger charge is 2.18. The summed E-state index contributed by atoms with van der Waals surface area (Å²) in [5.74, 6) is -0.822. The van der Waals surface area contributed by atoms with Gasteiger partial charge in [-0.15, -0.1) is 11.3 Å². The number of rotatable bonds is 3. The second-order valence-corrected chi connectivity index (χ2v) is 6.46. The molecule has 106 valence electrons. The monoisotopic (exact) mass is 291 g/mol. The van der Waals surface area contributed by atoms with Gasteiger partial charge in [0.05, 0.1) is 11.6 Å². The molecule has 2 nitrogen and oxygen atoms in total. The summed E-state index contributed by atoms with van der Waals surface area (Å²) < 4.78 is 13.9. The van der Waals surface area contributed by atoms with E-state index in [0.717, 1.165) is 5.56 Å². The molecule has 1 amide bonds. The van der Waals surface area contributed by atoms with Gasteiger partial charge >= 0.3 is 0 Å². The maximum atomic E-state index is 13.9. The summed E-state index contributed by atoms with van der Waals surface area (Å²) in [6.07, 6.45) is 0. The topological polar surface area (TPSA) is 29.1 Å². The average Bonchev–Trinajstić information content (AvgIpc) is 2.71. The van der Waals surface area contributed by atoms with Crippen molar-refractivity contribution in [3.05, 3.63) is 56.5 Å².